The van der Waals surface area contributed by atoms with Gasteiger partial charge >= 0.3 is 0 Å². The van der Waals surface area contributed by atoms with Crippen molar-refractivity contribution >= 4 is 5.84 Å². The highest BCUT2D eigenvalue weighted by molar-refractivity contribution is 5.98. The van der Waals surface area contributed by atoms with Crippen molar-refractivity contribution < 1.29 is 4.74 Å². The molecule has 2 rings (SSSR count). The summed E-state index contributed by atoms with van der Waals surface area (Å²) < 4.78 is 7.12. The van der Waals surface area contributed by atoms with Crippen LogP contribution in [0.4, 0.5) is 0 Å². The molecule has 3 N–H and O–H groups in total. The van der Waals surface area contributed by atoms with Crippen LogP contribution in [0.3, 0.4) is 0 Å². The van der Waals surface area contributed by atoms with Crippen LogP contribution in [0.2, 0.25) is 0 Å². The van der Waals surface area contributed by atoms with E-state index in [2.05, 4.69) is 25.0 Å². The number of hydrogen-bond acceptors (Lipinski definition) is 3. The lowest BCUT2D eigenvalue weighted by atomic mass is 10.1. The lowest BCUT2D eigenvalue weighted by molar-refractivity contribution is 0.414. The number of hydrogen-bond donors (Lipinski definition) is 2. The second-order valence-corrected chi connectivity index (χ2v) is 4.54. The number of nitrogens with one attached hydrogen (secondary N) is 1. The first kappa shape index (κ1) is 14.1. The molecule has 0 radical (unpaired) electrons. The van der Waals surface area contributed by atoms with Gasteiger partial charge in [0.1, 0.15) is 11.6 Å². The molecule has 0 atom stereocenters. The summed E-state index contributed by atoms with van der Waals surface area (Å²) in [6.07, 6.45) is 1.74. The van der Waals surface area contributed by atoms with Gasteiger partial charge in [0, 0.05) is 17.3 Å². The molecular formula is C15H20N4O. The second kappa shape index (κ2) is 5.77. The molecule has 1 aromatic heterocycles. The molecule has 1 aromatic carbocycles. The fourth-order valence-electron chi connectivity index (χ4n) is 2.15. The molecule has 0 saturated carbocycles. The van der Waals surface area contributed by atoms with E-state index in [9.17, 15) is 0 Å². The summed E-state index contributed by atoms with van der Waals surface area (Å²) in [5.41, 5.74) is 9.24. The lowest BCUT2D eigenvalue weighted by Crippen LogP contribution is -2.16. The fourth-order valence-corrected chi connectivity index (χ4v) is 2.15. The Balaban J connectivity index is 2.66. The minimum atomic E-state index is 0.0262. The standard InChI is InChI=1S/C15H20N4O/c1-4-10-8-11(5-2)19(18-10)14-9-12(20-3)6-7-13(14)15(16)17/h6-9H,4-5H2,1-3H3,(H3,16,17). The number of nitrogen functional groups attached to an aromatic ring is 1. The Kier molecular flexibility index (Phi) is 4.08. The number of ether oxygens (including phenoxy) is 1. The van der Waals surface area contributed by atoms with Crippen LogP contribution in [0, 0.1) is 5.41 Å². The number of methoxy groups -OCH3 is 1. The number of benzene rings is 1. The predicted molar refractivity (Wildman–Crippen MR) is 79.9 cm³/mol. The fraction of sp³-hybridized carbons (Fsp3) is 0.333. The molecule has 0 aliphatic carbocycles. The summed E-state index contributed by atoms with van der Waals surface area (Å²) in [4.78, 5) is 0. The van der Waals surface area contributed by atoms with Gasteiger partial charge in [0.15, 0.2) is 0 Å². The van der Waals surface area contributed by atoms with Gasteiger partial charge in [0.25, 0.3) is 0 Å². The third-order valence-corrected chi connectivity index (χ3v) is 3.28. The molecule has 0 aliphatic rings. The molecular weight excluding hydrogens is 252 g/mol. The summed E-state index contributed by atoms with van der Waals surface area (Å²) in [5, 5.41) is 12.3. The van der Waals surface area contributed by atoms with Crippen LogP contribution in [-0.4, -0.2) is 22.7 Å². The Hall–Kier alpha value is -2.30. The molecule has 20 heavy (non-hydrogen) atoms. The van der Waals surface area contributed by atoms with E-state index in [1.165, 1.54) is 0 Å². The van der Waals surface area contributed by atoms with Gasteiger partial charge in [0.2, 0.25) is 0 Å². The van der Waals surface area contributed by atoms with Gasteiger partial charge in [-0.3, -0.25) is 5.41 Å². The van der Waals surface area contributed by atoms with Gasteiger partial charge in [-0.25, -0.2) is 4.68 Å². The van der Waals surface area contributed by atoms with Crippen LogP contribution in [0.15, 0.2) is 24.3 Å². The third kappa shape index (κ3) is 2.52. The Labute approximate surface area is 118 Å². The first-order valence-corrected chi connectivity index (χ1v) is 6.71. The number of aromatic nitrogens is 2. The first-order valence-electron chi connectivity index (χ1n) is 6.71. The van der Waals surface area contributed by atoms with Crippen LogP contribution < -0.4 is 10.5 Å². The van der Waals surface area contributed by atoms with Crippen LogP contribution in [0.25, 0.3) is 5.69 Å². The number of aryl methyl sites for hydroxylation is 2. The van der Waals surface area contributed by atoms with Crippen molar-refractivity contribution in [2.24, 2.45) is 5.73 Å². The molecule has 0 bridgehead atoms. The van der Waals surface area contributed by atoms with Crippen molar-refractivity contribution in [3.05, 3.63) is 41.2 Å². The Bertz CT molecular complexity index is 631. The van der Waals surface area contributed by atoms with Gasteiger partial charge in [-0.15, -0.1) is 0 Å². The Morgan fingerprint density at radius 3 is 2.60 bits per heavy atom. The zero-order chi connectivity index (χ0) is 14.7. The second-order valence-electron chi connectivity index (χ2n) is 4.54. The summed E-state index contributed by atoms with van der Waals surface area (Å²) >= 11 is 0. The predicted octanol–water partition coefficient (Wildman–Crippen LogP) is 2.29. The summed E-state index contributed by atoms with van der Waals surface area (Å²) in [6, 6.07) is 7.55. The monoisotopic (exact) mass is 272 g/mol. The highest BCUT2D eigenvalue weighted by Crippen LogP contribution is 2.23. The molecule has 0 spiro atoms. The Morgan fingerprint density at radius 1 is 1.30 bits per heavy atom. The molecule has 0 unspecified atom stereocenters. The van der Waals surface area contributed by atoms with Crippen molar-refractivity contribution in [1.29, 1.82) is 5.41 Å². The lowest BCUT2D eigenvalue weighted by Gasteiger charge is -2.12. The zero-order valence-electron chi connectivity index (χ0n) is 12.1. The number of nitrogens with two attached hydrogens (primary N) is 1. The van der Waals surface area contributed by atoms with E-state index in [1.807, 2.05) is 10.7 Å². The van der Waals surface area contributed by atoms with Crippen LogP contribution >= 0.6 is 0 Å². The van der Waals surface area contributed by atoms with Crippen LogP contribution in [0.1, 0.15) is 30.8 Å². The summed E-state index contributed by atoms with van der Waals surface area (Å²) in [6.45, 7) is 4.16. The van der Waals surface area contributed by atoms with E-state index in [0.29, 0.717) is 5.56 Å². The van der Waals surface area contributed by atoms with E-state index >= 15 is 0 Å². The van der Waals surface area contributed by atoms with Crippen LogP contribution in [0.5, 0.6) is 5.75 Å². The average molecular weight is 272 g/mol. The van der Waals surface area contributed by atoms with Crippen molar-refractivity contribution in [3.63, 3.8) is 0 Å². The molecule has 106 valence electrons. The normalized spacial score (nSPS) is 10.6. The molecule has 2 aromatic rings. The van der Waals surface area contributed by atoms with E-state index in [4.69, 9.17) is 15.9 Å². The number of amidine groups is 1. The highest BCUT2D eigenvalue weighted by Gasteiger charge is 2.14. The van der Waals surface area contributed by atoms with E-state index < -0.39 is 0 Å². The van der Waals surface area contributed by atoms with E-state index in [1.54, 1.807) is 19.2 Å². The molecule has 5 heteroatoms. The van der Waals surface area contributed by atoms with Gasteiger partial charge in [-0.05, 0) is 31.0 Å². The first-order chi connectivity index (χ1) is 9.60. The van der Waals surface area contributed by atoms with Crippen LogP contribution in [-0.2, 0) is 12.8 Å². The van der Waals surface area contributed by atoms with Crippen molar-refractivity contribution in [1.82, 2.24) is 9.78 Å². The summed E-state index contributed by atoms with van der Waals surface area (Å²) in [7, 11) is 1.62. The highest BCUT2D eigenvalue weighted by atomic mass is 16.5. The topological polar surface area (TPSA) is 76.9 Å². The Morgan fingerprint density at radius 2 is 2.05 bits per heavy atom. The molecule has 5 nitrogen and oxygen atoms in total. The molecule has 0 fully saturated rings. The third-order valence-electron chi connectivity index (χ3n) is 3.28. The van der Waals surface area contributed by atoms with Gasteiger partial charge < -0.3 is 10.5 Å². The molecule has 0 aliphatic heterocycles. The minimum Gasteiger partial charge on any atom is -0.497 e. The maximum absolute atomic E-state index is 7.73. The van der Waals surface area contributed by atoms with Gasteiger partial charge in [-0.2, -0.15) is 5.10 Å². The minimum absolute atomic E-state index is 0.0262. The van der Waals surface area contributed by atoms with E-state index in [0.717, 1.165) is 35.7 Å². The van der Waals surface area contributed by atoms with Gasteiger partial charge in [-0.1, -0.05) is 13.8 Å². The van der Waals surface area contributed by atoms with Crippen molar-refractivity contribution in [2.75, 3.05) is 7.11 Å². The summed E-state index contributed by atoms with van der Waals surface area (Å²) in [5.74, 6) is 0.749. The smallest absolute Gasteiger partial charge is 0.124 e. The molecule has 1 heterocycles. The largest absolute Gasteiger partial charge is 0.497 e. The van der Waals surface area contributed by atoms with E-state index in [-0.39, 0.29) is 5.84 Å². The maximum Gasteiger partial charge on any atom is 0.124 e. The maximum atomic E-state index is 7.73. The zero-order valence-corrected chi connectivity index (χ0v) is 12.1. The SMILES string of the molecule is CCc1cc(CC)n(-c2cc(OC)ccc2C(=N)N)n1. The molecule has 0 saturated heterocycles. The number of rotatable bonds is 5. The molecule has 0 amide bonds. The van der Waals surface area contributed by atoms with Crippen molar-refractivity contribution in [3.8, 4) is 11.4 Å². The van der Waals surface area contributed by atoms with Crippen molar-refractivity contribution in [2.45, 2.75) is 26.7 Å². The van der Waals surface area contributed by atoms with Gasteiger partial charge in [0.05, 0.1) is 18.5 Å². The number of nitrogens with zero attached hydrogens (tertiary/aromatic N) is 2. The average Bonchev–Trinajstić information content (AvgIpc) is 2.89. The quantitative estimate of drug-likeness (QED) is 0.647.